The third kappa shape index (κ3) is 5.08. The number of nitrogens with one attached hydrogen (secondary N) is 2. The second-order valence-electron chi connectivity index (χ2n) is 4.47. The number of carbonyl (C=O) groups excluding carboxylic acids is 1. The van der Waals surface area contributed by atoms with Crippen LogP contribution in [0.3, 0.4) is 0 Å². The van der Waals surface area contributed by atoms with Gasteiger partial charge in [0.1, 0.15) is 5.75 Å². The quantitative estimate of drug-likeness (QED) is 0.490. The van der Waals surface area contributed by atoms with Crippen LogP contribution in [0.1, 0.15) is 15.9 Å². The summed E-state index contributed by atoms with van der Waals surface area (Å²) >= 11 is 5.09. The maximum absolute atomic E-state index is 10.8. The van der Waals surface area contributed by atoms with E-state index in [4.69, 9.17) is 17.0 Å². The molecule has 2 N–H and O–H groups in total. The second kappa shape index (κ2) is 7.90. The van der Waals surface area contributed by atoms with Crippen molar-refractivity contribution < 1.29 is 14.6 Å². The molecule has 0 unspecified atom stereocenters. The number of hydrazone groups is 1. The summed E-state index contributed by atoms with van der Waals surface area (Å²) in [5.74, 6) is -0.516. The molecule has 7 heteroatoms. The Labute approximate surface area is 138 Å². The zero-order valence-electron chi connectivity index (χ0n) is 12.3. The van der Waals surface area contributed by atoms with E-state index in [0.29, 0.717) is 5.69 Å². The second-order valence-corrected chi connectivity index (χ2v) is 4.88. The van der Waals surface area contributed by atoms with Gasteiger partial charge in [-0.25, -0.2) is 0 Å². The fourth-order valence-electron chi connectivity index (χ4n) is 1.77. The zero-order valence-corrected chi connectivity index (χ0v) is 13.1. The van der Waals surface area contributed by atoms with E-state index in [0.717, 1.165) is 11.3 Å². The molecular weight excluding hydrogens is 314 g/mol. The summed E-state index contributed by atoms with van der Waals surface area (Å²) in [5.41, 5.74) is 4.09. The lowest BCUT2D eigenvalue weighted by Crippen LogP contribution is -2.25. The van der Waals surface area contributed by atoms with Gasteiger partial charge in [-0.2, -0.15) is 5.10 Å². The average Bonchev–Trinajstić information content (AvgIpc) is 2.55. The lowest BCUT2D eigenvalue weighted by Gasteiger charge is -2.09. The van der Waals surface area contributed by atoms with Gasteiger partial charge in [-0.05, 0) is 47.6 Å². The van der Waals surface area contributed by atoms with E-state index >= 15 is 0 Å². The van der Waals surface area contributed by atoms with Gasteiger partial charge in [-0.3, -0.25) is 5.43 Å². The van der Waals surface area contributed by atoms with Crippen LogP contribution in [-0.4, -0.2) is 24.4 Å². The number of methoxy groups -OCH3 is 1. The Hall–Kier alpha value is -2.93. The fraction of sp³-hybridized carbons (Fsp3) is 0.0625. The number of carboxylic acid groups (broad SMARTS) is 1. The Morgan fingerprint density at radius 3 is 2.78 bits per heavy atom. The molecule has 0 saturated carbocycles. The number of nitrogens with zero attached hydrogens (tertiary/aromatic N) is 1. The Bertz CT molecular complexity index is 747. The van der Waals surface area contributed by atoms with Crippen LogP contribution in [0.2, 0.25) is 0 Å². The molecule has 0 saturated heterocycles. The summed E-state index contributed by atoms with van der Waals surface area (Å²) in [4.78, 5) is 10.8. The summed E-state index contributed by atoms with van der Waals surface area (Å²) < 4.78 is 5.12. The minimum Gasteiger partial charge on any atom is -0.545 e. The monoisotopic (exact) mass is 328 g/mol. The molecule has 2 rings (SSSR count). The van der Waals surface area contributed by atoms with Crippen molar-refractivity contribution in [2.24, 2.45) is 5.10 Å². The highest BCUT2D eigenvalue weighted by atomic mass is 32.1. The van der Waals surface area contributed by atoms with Crippen molar-refractivity contribution in [3.8, 4) is 5.75 Å². The molecule has 23 heavy (non-hydrogen) atoms. The molecule has 0 atom stereocenters. The average molecular weight is 328 g/mol. The smallest absolute Gasteiger partial charge is 0.191 e. The van der Waals surface area contributed by atoms with Crippen LogP contribution in [-0.2, 0) is 0 Å². The number of carboxylic acids is 1. The molecule has 0 fully saturated rings. The molecule has 6 nitrogen and oxygen atoms in total. The molecule has 0 aliphatic carbocycles. The topological polar surface area (TPSA) is 85.8 Å². The first-order chi connectivity index (χ1) is 11.1. The zero-order chi connectivity index (χ0) is 16.7. The van der Waals surface area contributed by atoms with Gasteiger partial charge in [-0.1, -0.05) is 24.3 Å². The SMILES string of the molecule is COc1cccc(C=NNC(=S)Nc2cccc(C(=O)[O-])c2)c1. The van der Waals surface area contributed by atoms with E-state index in [-0.39, 0.29) is 10.7 Å². The van der Waals surface area contributed by atoms with Gasteiger partial charge in [0.25, 0.3) is 0 Å². The molecule has 0 bridgehead atoms. The molecular formula is C16H14N3O3S-. The van der Waals surface area contributed by atoms with Crippen LogP contribution in [0.4, 0.5) is 5.69 Å². The Morgan fingerprint density at radius 2 is 2.04 bits per heavy atom. The summed E-state index contributed by atoms with van der Waals surface area (Å²) in [6.07, 6.45) is 1.59. The minimum absolute atomic E-state index is 0.0673. The number of hydrogen-bond donors (Lipinski definition) is 2. The summed E-state index contributed by atoms with van der Waals surface area (Å²) in [6, 6.07) is 13.5. The number of thiocarbonyl (C=S) groups is 1. The predicted molar refractivity (Wildman–Crippen MR) is 90.7 cm³/mol. The molecule has 118 valence electrons. The summed E-state index contributed by atoms with van der Waals surface area (Å²) in [6.45, 7) is 0. The number of benzene rings is 2. The van der Waals surface area contributed by atoms with Gasteiger partial charge in [0.15, 0.2) is 5.11 Å². The van der Waals surface area contributed by atoms with E-state index in [1.54, 1.807) is 25.5 Å². The Kier molecular flexibility index (Phi) is 5.65. The van der Waals surface area contributed by atoms with Crippen molar-refractivity contribution in [2.75, 3.05) is 12.4 Å². The third-order valence-electron chi connectivity index (χ3n) is 2.83. The van der Waals surface area contributed by atoms with Gasteiger partial charge in [0.05, 0.1) is 19.3 Å². The van der Waals surface area contributed by atoms with Crippen molar-refractivity contribution in [1.29, 1.82) is 0 Å². The standard InChI is InChI=1S/C16H15N3O3S/c1-22-14-7-2-4-11(8-14)10-17-19-16(23)18-13-6-3-5-12(9-13)15(20)21/h2-10H,1H3,(H,20,21)(H2,18,19,23)/p-1. The lowest BCUT2D eigenvalue weighted by atomic mass is 10.2. The summed E-state index contributed by atoms with van der Waals surface area (Å²) in [7, 11) is 1.59. The number of ether oxygens (including phenoxy) is 1. The van der Waals surface area contributed by atoms with Crippen LogP contribution >= 0.6 is 12.2 Å². The van der Waals surface area contributed by atoms with E-state index in [2.05, 4.69) is 15.8 Å². The number of aromatic carboxylic acids is 1. The molecule has 0 aliphatic heterocycles. The predicted octanol–water partition coefficient (Wildman–Crippen LogP) is 1.38. The molecule has 2 aromatic rings. The van der Waals surface area contributed by atoms with Crippen LogP contribution in [0.25, 0.3) is 0 Å². The van der Waals surface area contributed by atoms with E-state index in [1.807, 2.05) is 24.3 Å². The van der Waals surface area contributed by atoms with Gasteiger partial charge in [-0.15, -0.1) is 0 Å². The highest BCUT2D eigenvalue weighted by Gasteiger charge is 1.99. The van der Waals surface area contributed by atoms with Crippen molar-refractivity contribution in [2.45, 2.75) is 0 Å². The molecule has 0 amide bonds. The lowest BCUT2D eigenvalue weighted by molar-refractivity contribution is -0.255. The fourth-order valence-corrected chi connectivity index (χ4v) is 1.94. The van der Waals surface area contributed by atoms with Crippen molar-refractivity contribution in [1.82, 2.24) is 5.43 Å². The van der Waals surface area contributed by atoms with Gasteiger partial charge < -0.3 is 20.0 Å². The number of anilines is 1. The van der Waals surface area contributed by atoms with Crippen molar-refractivity contribution in [3.05, 3.63) is 59.7 Å². The molecule has 2 aromatic carbocycles. The minimum atomic E-state index is -1.25. The first-order valence-corrected chi connectivity index (χ1v) is 7.05. The summed E-state index contributed by atoms with van der Waals surface area (Å²) in [5, 5.41) is 17.9. The first-order valence-electron chi connectivity index (χ1n) is 6.64. The molecule has 0 heterocycles. The molecule has 0 aliphatic rings. The molecule has 0 radical (unpaired) electrons. The van der Waals surface area contributed by atoms with Crippen LogP contribution in [0, 0.1) is 0 Å². The van der Waals surface area contributed by atoms with Crippen molar-refractivity contribution >= 4 is 35.2 Å². The number of rotatable bonds is 5. The largest absolute Gasteiger partial charge is 0.545 e. The van der Waals surface area contributed by atoms with Crippen LogP contribution in [0.5, 0.6) is 5.75 Å². The van der Waals surface area contributed by atoms with Crippen LogP contribution < -0.4 is 20.6 Å². The van der Waals surface area contributed by atoms with Gasteiger partial charge in [0.2, 0.25) is 0 Å². The van der Waals surface area contributed by atoms with E-state index < -0.39 is 5.97 Å². The Morgan fingerprint density at radius 1 is 1.26 bits per heavy atom. The highest BCUT2D eigenvalue weighted by molar-refractivity contribution is 7.80. The first kappa shape index (κ1) is 16.4. The number of hydrogen-bond acceptors (Lipinski definition) is 5. The highest BCUT2D eigenvalue weighted by Crippen LogP contribution is 2.11. The van der Waals surface area contributed by atoms with Gasteiger partial charge in [0, 0.05) is 5.69 Å². The van der Waals surface area contributed by atoms with Gasteiger partial charge >= 0.3 is 0 Å². The third-order valence-corrected chi connectivity index (χ3v) is 3.02. The van der Waals surface area contributed by atoms with Crippen molar-refractivity contribution in [3.63, 3.8) is 0 Å². The number of carbonyl (C=O) groups is 1. The normalized spacial score (nSPS) is 10.3. The van der Waals surface area contributed by atoms with E-state index in [1.165, 1.54) is 12.1 Å². The molecule has 0 aromatic heterocycles. The van der Waals surface area contributed by atoms with E-state index in [9.17, 15) is 9.90 Å². The maximum atomic E-state index is 10.8. The van der Waals surface area contributed by atoms with Crippen LogP contribution in [0.15, 0.2) is 53.6 Å². The Balaban J connectivity index is 1.93. The maximum Gasteiger partial charge on any atom is 0.191 e. The molecule has 0 spiro atoms.